The summed E-state index contributed by atoms with van der Waals surface area (Å²) in [6.07, 6.45) is 3.73. The van der Waals surface area contributed by atoms with Gasteiger partial charge in [-0.3, -0.25) is 14.7 Å². The predicted molar refractivity (Wildman–Crippen MR) is 70.2 cm³/mol. The van der Waals surface area contributed by atoms with Crippen LogP contribution in [0.25, 0.3) is 0 Å². The number of carbonyl (C=O) groups excluding carboxylic acids is 1. The number of nitrogens with zero attached hydrogens (tertiary/aromatic N) is 3. The molecule has 0 radical (unpaired) electrons. The monoisotopic (exact) mass is 297 g/mol. The first-order chi connectivity index (χ1) is 9.60. The zero-order valence-electron chi connectivity index (χ0n) is 11.0. The summed E-state index contributed by atoms with van der Waals surface area (Å²) in [5.74, 6) is -0.372. The van der Waals surface area contributed by atoms with Gasteiger partial charge in [0.05, 0.1) is 13.2 Å². The highest BCUT2D eigenvalue weighted by Crippen LogP contribution is 2.23. The topological polar surface area (TPSA) is 88.9 Å². The first-order valence-electron chi connectivity index (χ1n) is 6.11. The van der Waals surface area contributed by atoms with Crippen LogP contribution in [-0.4, -0.2) is 50.0 Å². The fourth-order valence-corrected chi connectivity index (χ4v) is 2.76. The number of aromatic nitrogens is 1. The van der Waals surface area contributed by atoms with E-state index in [-0.39, 0.29) is 5.97 Å². The van der Waals surface area contributed by atoms with Gasteiger partial charge in [-0.2, -0.15) is 12.8 Å². The fourth-order valence-electron chi connectivity index (χ4n) is 2.36. The summed E-state index contributed by atoms with van der Waals surface area (Å²) in [4.78, 5) is 17.7. The molecule has 2 heterocycles. The zero-order chi connectivity index (χ0) is 14.5. The van der Waals surface area contributed by atoms with Gasteiger partial charge in [-0.25, -0.2) is 0 Å². The molecule has 108 valence electrons. The number of likely N-dealkylation sites (tertiary alicyclic amines) is 1. The van der Waals surface area contributed by atoms with Gasteiger partial charge in [0.25, 0.3) is 0 Å². The third kappa shape index (κ3) is 3.61. The average Bonchev–Trinajstić information content (AvgIpc) is 2.80. The second-order valence-corrected chi connectivity index (χ2v) is 5.19. The Hall–Kier alpha value is -1.80. The average molecular weight is 297 g/mol. The van der Waals surface area contributed by atoms with Crippen LogP contribution in [0.5, 0.6) is 0 Å². The molecule has 0 saturated carbocycles. The van der Waals surface area contributed by atoms with Crippen molar-refractivity contribution in [2.24, 2.45) is 4.36 Å². The van der Waals surface area contributed by atoms with Gasteiger partial charge < -0.3 is 4.74 Å². The molecule has 1 aliphatic heterocycles. The maximum atomic E-state index is 11.8. The van der Waals surface area contributed by atoms with Crippen LogP contribution >= 0.6 is 0 Å². The molecule has 20 heavy (non-hydrogen) atoms. The number of methoxy groups -OCH3 is 1. The van der Waals surface area contributed by atoms with Crippen LogP contribution in [0.2, 0.25) is 0 Å². The summed E-state index contributed by atoms with van der Waals surface area (Å²) in [5.41, 5.74) is 0.949. The molecule has 1 aliphatic rings. The fraction of sp³-hybridized carbons (Fsp3) is 0.500. The van der Waals surface area contributed by atoms with E-state index in [9.17, 15) is 13.2 Å². The molecule has 7 nitrogen and oxygen atoms in total. The van der Waals surface area contributed by atoms with Crippen molar-refractivity contribution in [1.82, 2.24) is 9.88 Å². The van der Waals surface area contributed by atoms with E-state index in [0.717, 1.165) is 5.56 Å². The second kappa shape index (κ2) is 6.58. The van der Waals surface area contributed by atoms with Crippen LogP contribution in [0, 0.1) is 0 Å². The van der Waals surface area contributed by atoms with Crippen molar-refractivity contribution < 1.29 is 17.9 Å². The number of rotatable bonds is 4. The summed E-state index contributed by atoms with van der Waals surface area (Å²) < 4.78 is 29.7. The maximum absolute atomic E-state index is 11.8. The molecule has 0 aliphatic carbocycles. The highest BCUT2D eigenvalue weighted by Gasteiger charge is 2.37. The molecule has 8 heteroatoms. The molecule has 1 fully saturated rings. The lowest BCUT2D eigenvalue weighted by atomic mass is 10.2. The number of pyridine rings is 1. The Morgan fingerprint density at radius 3 is 3.00 bits per heavy atom. The van der Waals surface area contributed by atoms with Gasteiger partial charge in [-0.15, -0.1) is 0 Å². The summed E-state index contributed by atoms with van der Waals surface area (Å²) >= 11 is 0. The summed E-state index contributed by atoms with van der Waals surface area (Å²) in [6.45, 7) is 0.910. The molecule has 2 atom stereocenters. The molecule has 0 amide bonds. The van der Waals surface area contributed by atoms with E-state index in [1.165, 1.54) is 7.11 Å². The summed E-state index contributed by atoms with van der Waals surface area (Å²) in [7, 11) is -1.14. The van der Waals surface area contributed by atoms with Gasteiger partial charge in [0.2, 0.25) is 0 Å². The van der Waals surface area contributed by atoms with E-state index in [4.69, 9.17) is 4.74 Å². The first kappa shape index (κ1) is 14.6. The van der Waals surface area contributed by atoms with Crippen molar-refractivity contribution in [2.75, 3.05) is 13.7 Å². The minimum Gasteiger partial charge on any atom is -0.468 e. The van der Waals surface area contributed by atoms with E-state index >= 15 is 0 Å². The van der Waals surface area contributed by atoms with Gasteiger partial charge in [-0.1, -0.05) is 6.07 Å². The molecule has 0 N–H and O–H groups in total. The van der Waals surface area contributed by atoms with Crippen LogP contribution in [0.4, 0.5) is 0 Å². The van der Waals surface area contributed by atoms with Crippen LogP contribution in [-0.2, 0) is 26.6 Å². The quantitative estimate of drug-likeness (QED) is 0.741. The van der Waals surface area contributed by atoms with E-state index in [1.54, 1.807) is 12.4 Å². The normalized spacial score (nSPS) is 22.4. The van der Waals surface area contributed by atoms with Crippen molar-refractivity contribution in [2.45, 2.75) is 25.0 Å². The Morgan fingerprint density at radius 1 is 1.60 bits per heavy atom. The van der Waals surface area contributed by atoms with Crippen molar-refractivity contribution in [3.8, 4) is 0 Å². The number of hydrogen-bond donors (Lipinski definition) is 0. The van der Waals surface area contributed by atoms with Crippen molar-refractivity contribution in [3.63, 3.8) is 0 Å². The highest BCUT2D eigenvalue weighted by molar-refractivity contribution is 7.61. The molecule has 0 unspecified atom stereocenters. The lowest BCUT2D eigenvalue weighted by molar-refractivity contribution is -0.146. The molecule has 1 aromatic rings. The summed E-state index contributed by atoms with van der Waals surface area (Å²) in [5, 5.41) is 0. The molecular weight excluding hydrogens is 282 g/mol. The van der Waals surface area contributed by atoms with Gasteiger partial charge >= 0.3 is 16.5 Å². The van der Waals surface area contributed by atoms with E-state index in [1.807, 2.05) is 17.0 Å². The number of ether oxygens (including phenoxy) is 1. The van der Waals surface area contributed by atoms with Gasteiger partial charge in [0.15, 0.2) is 0 Å². The summed E-state index contributed by atoms with van der Waals surface area (Å²) in [6, 6.07) is 2.83. The Balaban J connectivity index is 2.15. The molecule has 0 aromatic carbocycles. The Kier molecular flexibility index (Phi) is 4.80. The van der Waals surface area contributed by atoms with E-state index < -0.39 is 22.6 Å². The lowest BCUT2D eigenvalue weighted by Crippen LogP contribution is -2.36. The van der Waals surface area contributed by atoms with Crippen molar-refractivity contribution in [3.05, 3.63) is 30.1 Å². The SMILES string of the molecule is COC(=O)[C@@H]1C[C@@H](N=S(=O)=O)CN1Cc1cccnc1. The second-order valence-electron chi connectivity index (χ2n) is 4.54. The lowest BCUT2D eigenvalue weighted by Gasteiger charge is -2.21. The molecule has 2 rings (SSSR count). The van der Waals surface area contributed by atoms with Gasteiger partial charge in [-0.05, 0) is 18.1 Å². The Labute approximate surface area is 118 Å². The van der Waals surface area contributed by atoms with Crippen LogP contribution in [0.15, 0.2) is 28.9 Å². The number of esters is 1. The van der Waals surface area contributed by atoms with Crippen LogP contribution < -0.4 is 0 Å². The van der Waals surface area contributed by atoms with Gasteiger partial charge in [0.1, 0.15) is 6.04 Å². The third-order valence-electron chi connectivity index (χ3n) is 3.20. The smallest absolute Gasteiger partial charge is 0.323 e. The largest absolute Gasteiger partial charge is 0.468 e. The highest BCUT2D eigenvalue weighted by atomic mass is 32.2. The first-order valence-corrected chi connectivity index (χ1v) is 7.14. The van der Waals surface area contributed by atoms with E-state index in [0.29, 0.717) is 19.5 Å². The maximum Gasteiger partial charge on any atom is 0.323 e. The Bertz CT molecular complexity index is 594. The minimum absolute atomic E-state index is 0.348. The van der Waals surface area contributed by atoms with Crippen LogP contribution in [0.1, 0.15) is 12.0 Å². The number of carbonyl (C=O) groups is 1. The standard InChI is InChI=1S/C12H15N3O4S/c1-19-12(16)11-5-10(14-20(17)18)8-15(11)7-9-3-2-4-13-6-9/h2-4,6,10-11H,5,7-8H2,1H3/t10-,11+/m1/s1. The minimum atomic E-state index is -2.46. The van der Waals surface area contributed by atoms with Crippen molar-refractivity contribution >= 4 is 16.5 Å². The molecule has 0 spiro atoms. The van der Waals surface area contributed by atoms with E-state index in [2.05, 4.69) is 9.35 Å². The third-order valence-corrected chi connectivity index (χ3v) is 3.67. The predicted octanol–water partition coefficient (Wildman–Crippen LogP) is 0.260. The molecule has 1 aromatic heterocycles. The molecule has 1 saturated heterocycles. The van der Waals surface area contributed by atoms with Crippen molar-refractivity contribution in [1.29, 1.82) is 0 Å². The molecular formula is C12H15N3O4S. The molecule has 0 bridgehead atoms. The number of hydrogen-bond acceptors (Lipinski definition) is 7. The zero-order valence-corrected chi connectivity index (χ0v) is 11.8. The Morgan fingerprint density at radius 2 is 2.40 bits per heavy atom. The van der Waals surface area contributed by atoms with Crippen LogP contribution in [0.3, 0.4) is 0 Å². The van der Waals surface area contributed by atoms with Gasteiger partial charge in [0, 0.05) is 25.5 Å².